The topological polar surface area (TPSA) is 72.3 Å². The van der Waals surface area contributed by atoms with Gasteiger partial charge in [0.05, 0.1) is 0 Å². The average Bonchev–Trinajstić information content (AvgIpc) is 1.72. The van der Waals surface area contributed by atoms with Gasteiger partial charge in [0.2, 0.25) is 5.91 Å². The lowest BCUT2D eigenvalue weighted by Crippen LogP contribution is -2.17. The van der Waals surface area contributed by atoms with Gasteiger partial charge in [0.15, 0.2) is 0 Å². The smallest absolute Gasteiger partial charge is 0.218 e. The van der Waals surface area contributed by atoms with Crippen LogP contribution in [0.15, 0.2) is 0 Å². The van der Waals surface area contributed by atoms with E-state index >= 15 is 0 Å². The van der Waals surface area contributed by atoms with Crippen molar-refractivity contribution in [2.75, 3.05) is 14.1 Å². The van der Waals surface area contributed by atoms with Gasteiger partial charge in [-0.25, -0.2) is 0 Å². The van der Waals surface area contributed by atoms with E-state index in [1.165, 1.54) is 11.8 Å². The molecular weight excluding hydrogens is 106 g/mol. The van der Waals surface area contributed by atoms with Crippen LogP contribution in [0.5, 0.6) is 0 Å². The molecule has 0 aliphatic rings. The highest BCUT2D eigenvalue weighted by Gasteiger charge is 1.87. The zero-order valence-corrected chi connectivity index (χ0v) is 5.51. The molecule has 0 rings (SSSR count). The molecule has 0 aromatic rings. The third kappa shape index (κ3) is 9.04. The Labute approximate surface area is 49.4 Å². The molecule has 4 N–H and O–H groups in total. The molecule has 0 saturated carbocycles. The second-order valence-corrected chi connectivity index (χ2v) is 1.41. The van der Waals surface area contributed by atoms with Gasteiger partial charge in [-0.05, 0) is 0 Å². The molecule has 0 radical (unpaired) electrons. The van der Waals surface area contributed by atoms with E-state index < -0.39 is 0 Å². The van der Waals surface area contributed by atoms with Gasteiger partial charge in [-0.15, -0.1) is 0 Å². The lowest BCUT2D eigenvalue weighted by Gasteiger charge is -2.02. The number of nitrogens with two attached hydrogens (primary N) is 2. The van der Waals surface area contributed by atoms with Crippen molar-refractivity contribution >= 4 is 5.91 Å². The Bertz CT molecular complexity index is 62.3. The highest BCUT2D eigenvalue weighted by Crippen LogP contribution is 1.69. The van der Waals surface area contributed by atoms with Crippen molar-refractivity contribution in [1.29, 1.82) is 0 Å². The van der Waals surface area contributed by atoms with Gasteiger partial charge in [-0.2, -0.15) is 0 Å². The summed E-state index contributed by atoms with van der Waals surface area (Å²) in [6.45, 7) is 1.53. The molecule has 0 aromatic carbocycles. The summed E-state index contributed by atoms with van der Waals surface area (Å²) in [4.78, 5) is 11.6. The molecule has 0 atom stereocenters. The molecule has 0 heterocycles. The quantitative estimate of drug-likeness (QED) is 0.314. The standard InChI is InChI=1S/C4H9NO.H4N2/c1-4(6)5(2)3;1-2/h1-3H3;1-2H2. The van der Waals surface area contributed by atoms with Crippen molar-refractivity contribution < 1.29 is 4.79 Å². The molecule has 0 aliphatic heterocycles. The van der Waals surface area contributed by atoms with E-state index in [0.717, 1.165) is 0 Å². The van der Waals surface area contributed by atoms with Crippen LogP contribution in [0.4, 0.5) is 0 Å². The fourth-order valence-electron chi connectivity index (χ4n) is 0. The van der Waals surface area contributed by atoms with E-state index in [1.807, 2.05) is 0 Å². The molecular formula is C4H13N3O. The Hall–Kier alpha value is -0.610. The summed E-state index contributed by atoms with van der Waals surface area (Å²) >= 11 is 0. The average molecular weight is 119 g/mol. The van der Waals surface area contributed by atoms with Crippen LogP contribution in [0, 0.1) is 0 Å². The molecule has 0 bridgehead atoms. The van der Waals surface area contributed by atoms with Crippen molar-refractivity contribution in [2.24, 2.45) is 11.7 Å². The Morgan fingerprint density at radius 2 is 1.50 bits per heavy atom. The van der Waals surface area contributed by atoms with Crippen LogP contribution >= 0.6 is 0 Å². The maximum Gasteiger partial charge on any atom is 0.218 e. The fourth-order valence-corrected chi connectivity index (χ4v) is 0. The van der Waals surface area contributed by atoms with Crippen LogP contribution in [0.2, 0.25) is 0 Å². The van der Waals surface area contributed by atoms with E-state index in [1.54, 1.807) is 14.1 Å². The van der Waals surface area contributed by atoms with Gasteiger partial charge in [-0.1, -0.05) is 0 Å². The summed E-state index contributed by atoms with van der Waals surface area (Å²) in [7, 11) is 3.45. The summed E-state index contributed by atoms with van der Waals surface area (Å²) in [6.07, 6.45) is 0. The largest absolute Gasteiger partial charge is 0.349 e. The zero-order valence-electron chi connectivity index (χ0n) is 5.51. The monoisotopic (exact) mass is 119 g/mol. The van der Waals surface area contributed by atoms with Crippen molar-refractivity contribution in [1.82, 2.24) is 4.90 Å². The summed E-state index contributed by atoms with van der Waals surface area (Å²) in [6, 6.07) is 0. The maximum atomic E-state index is 10.1. The van der Waals surface area contributed by atoms with Crippen molar-refractivity contribution in [3.8, 4) is 0 Å². The third-order valence-corrected chi connectivity index (χ3v) is 0.630. The SMILES string of the molecule is CC(=O)N(C)C.NN. The molecule has 0 unspecified atom stereocenters. The van der Waals surface area contributed by atoms with Crippen molar-refractivity contribution in [2.45, 2.75) is 6.92 Å². The molecule has 4 heteroatoms. The molecule has 0 spiro atoms. The zero-order chi connectivity index (χ0) is 7.15. The lowest BCUT2D eigenvalue weighted by molar-refractivity contribution is -0.126. The van der Waals surface area contributed by atoms with Crippen LogP contribution in [0.1, 0.15) is 6.92 Å². The van der Waals surface area contributed by atoms with Gasteiger partial charge in [-0.3, -0.25) is 16.5 Å². The Balaban J connectivity index is 0. The third-order valence-electron chi connectivity index (χ3n) is 0.630. The number of hydrazine groups is 1. The minimum Gasteiger partial charge on any atom is -0.349 e. The first-order valence-corrected chi connectivity index (χ1v) is 2.16. The minimum absolute atomic E-state index is 0.0926. The van der Waals surface area contributed by atoms with Gasteiger partial charge in [0.25, 0.3) is 0 Å². The molecule has 8 heavy (non-hydrogen) atoms. The normalized spacial score (nSPS) is 6.62. The Kier molecular flexibility index (Phi) is 8.30. The molecule has 0 aromatic heterocycles. The fraction of sp³-hybridized carbons (Fsp3) is 0.750. The minimum atomic E-state index is 0.0926. The lowest BCUT2D eigenvalue weighted by atomic mass is 10.7. The number of carbonyl (C=O) groups is 1. The molecule has 50 valence electrons. The number of amides is 1. The first kappa shape index (κ1) is 10.4. The predicted molar refractivity (Wildman–Crippen MR) is 32.7 cm³/mol. The van der Waals surface area contributed by atoms with E-state index in [0.29, 0.717) is 0 Å². The summed E-state index contributed by atoms with van der Waals surface area (Å²) in [5, 5.41) is 0. The number of hydrogen-bond donors (Lipinski definition) is 2. The second-order valence-electron chi connectivity index (χ2n) is 1.41. The van der Waals surface area contributed by atoms with Crippen LogP contribution in [0.25, 0.3) is 0 Å². The van der Waals surface area contributed by atoms with Crippen LogP contribution in [-0.2, 0) is 4.79 Å². The Morgan fingerprint density at radius 3 is 1.50 bits per heavy atom. The first-order chi connectivity index (χ1) is 3.64. The second kappa shape index (κ2) is 6.39. The highest BCUT2D eigenvalue weighted by molar-refractivity contribution is 5.72. The molecule has 0 saturated heterocycles. The van der Waals surface area contributed by atoms with E-state index in [4.69, 9.17) is 0 Å². The summed E-state index contributed by atoms with van der Waals surface area (Å²) in [5.41, 5.74) is 0. The number of carbonyl (C=O) groups excluding carboxylic acids is 1. The van der Waals surface area contributed by atoms with Crippen LogP contribution in [0.3, 0.4) is 0 Å². The molecule has 0 aliphatic carbocycles. The number of rotatable bonds is 0. The van der Waals surface area contributed by atoms with Crippen LogP contribution < -0.4 is 11.7 Å². The summed E-state index contributed by atoms with van der Waals surface area (Å²) in [5.74, 6) is 8.09. The Morgan fingerprint density at radius 1 is 1.38 bits per heavy atom. The van der Waals surface area contributed by atoms with Gasteiger partial charge < -0.3 is 4.90 Å². The molecule has 0 fully saturated rings. The first-order valence-electron chi connectivity index (χ1n) is 2.16. The van der Waals surface area contributed by atoms with E-state index in [9.17, 15) is 4.79 Å². The van der Waals surface area contributed by atoms with E-state index in [-0.39, 0.29) is 5.91 Å². The highest BCUT2D eigenvalue weighted by atomic mass is 16.2. The predicted octanol–water partition coefficient (Wildman–Crippen LogP) is -1.09. The molecule has 1 amide bonds. The van der Waals surface area contributed by atoms with Gasteiger partial charge in [0, 0.05) is 21.0 Å². The van der Waals surface area contributed by atoms with Gasteiger partial charge in [0.1, 0.15) is 0 Å². The maximum absolute atomic E-state index is 10.1. The van der Waals surface area contributed by atoms with Crippen LogP contribution in [-0.4, -0.2) is 24.9 Å². The summed E-state index contributed by atoms with van der Waals surface area (Å²) < 4.78 is 0. The van der Waals surface area contributed by atoms with Gasteiger partial charge >= 0.3 is 0 Å². The molecule has 4 nitrogen and oxygen atoms in total. The number of hydrogen-bond acceptors (Lipinski definition) is 3. The van der Waals surface area contributed by atoms with Crippen molar-refractivity contribution in [3.05, 3.63) is 0 Å². The van der Waals surface area contributed by atoms with E-state index in [2.05, 4.69) is 11.7 Å². The van der Waals surface area contributed by atoms with Crippen molar-refractivity contribution in [3.63, 3.8) is 0 Å². The number of nitrogens with zero attached hydrogens (tertiary/aromatic N) is 1.